The molecule has 12 nitrogen and oxygen atoms in total. The first-order chi connectivity index (χ1) is 21.3. The Labute approximate surface area is 257 Å². The predicted molar refractivity (Wildman–Crippen MR) is 156 cm³/mol. The Morgan fingerprint density at radius 2 is 0.932 bits per heavy atom. The van der Waals surface area contributed by atoms with Gasteiger partial charge in [-0.05, 0) is 61.1 Å². The van der Waals surface area contributed by atoms with Crippen molar-refractivity contribution in [3.63, 3.8) is 0 Å². The zero-order valence-corrected chi connectivity index (χ0v) is 25.6. The van der Waals surface area contributed by atoms with Gasteiger partial charge in [0, 0.05) is 5.92 Å². The van der Waals surface area contributed by atoms with E-state index in [9.17, 15) is 19.2 Å². The molecule has 0 aliphatic carbocycles. The van der Waals surface area contributed by atoms with Gasteiger partial charge in [-0.1, -0.05) is 83.6 Å². The van der Waals surface area contributed by atoms with E-state index >= 15 is 0 Å². The number of carbonyl (C=O) groups excluding carboxylic acids is 4. The summed E-state index contributed by atoms with van der Waals surface area (Å²) in [5.74, 6) is -2.20. The lowest BCUT2D eigenvalue weighted by Gasteiger charge is -2.11. The lowest BCUT2D eigenvalue weighted by Crippen LogP contribution is -2.20. The summed E-state index contributed by atoms with van der Waals surface area (Å²) in [5, 5.41) is 8.40. The van der Waals surface area contributed by atoms with Crippen LogP contribution in [0.5, 0.6) is 0 Å². The highest BCUT2D eigenvalue weighted by Crippen LogP contribution is 2.12. The van der Waals surface area contributed by atoms with Crippen LogP contribution >= 0.6 is 0 Å². The number of benzene rings is 2. The van der Waals surface area contributed by atoms with Crippen LogP contribution in [0.2, 0.25) is 0 Å². The third kappa shape index (κ3) is 15.4. The van der Waals surface area contributed by atoms with Crippen molar-refractivity contribution in [1.82, 2.24) is 0 Å². The van der Waals surface area contributed by atoms with Gasteiger partial charge in [-0.15, -0.1) is 0 Å². The minimum atomic E-state index is -1.28. The van der Waals surface area contributed by atoms with Crippen molar-refractivity contribution in [2.24, 2.45) is 5.92 Å². The Kier molecular flexibility index (Phi) is 17.6. The molecule has 0 spiro atoms. The summed E-state index contributed by atoms with van der Waals surface area (Å²) in [6.45, 7) is 5.41. The molecule has 242 valence electrons. The largest absolute Gasteiger partial charge is 0.543 e. The van der Waals surface area contributed by atoms with E-state index in [1.807, 2.05) is 24.3 Å². The van der Waals surface area contributed by atoms with Gasteiger partial charge in [0.25, 0.3) is 0 Å². The fourth-order valence-electron chi connectivity index (χ4n) is 3.89. The van der Waals surface area contributed by atoms with Crippen LogP contribution in [0.15, 0.2) is 48.5 Å². The van der Waals surface area contributed by atoms with Crippen LogP contribution in [0.4, 0.5) is 9.59 Å². The maximum Gasteiger partial charge on any atom is 0.543 e. The molecule has 0 radical (unpaired) electrons. The van der Waals surface area contributed by atoms with Crippen LogP contribution in [0.3, 0.4) is 0 Å². The van der Waals surface area contributed by atoms with Crippen molar-refractivity contribution in [3.8, 4) is 0 Å². The molecule has 0 N–H and O–H groups in total. The molecule has 0 amide bonds. The molecule has 0 saturated carbocycles. The Hall–Kier alpha value is -4.16. The number of aryl methyl sites for hydroxylation is 2. The molecule has 0 atom stereocenters. The van der Waals surface area contributed by atoms with Crippen molar-refractivity contribution in [2.75, 3.05) is 13.2 Å². The van der Waals surface area contributed by atoms with Gasteiger partial charge in [-0.25, -0.2) is 29.0 Å². The highest BCUT2D eigenvalue weighted by atomic mass is 17.5. The van der Waals surface area contributed by atoms with Crippen molar-refractivity contribution in [1.29, 1.82) is 0 Å². The molecular formula is C32H42O12. The molecule has 12 heteroatoms. The van der Waals surface area contributed by atoms with Crippen LogP contribution in [0.25, 0.3) is 0 Å². The standard InChI is InChI=1S/C32H42O12/c1-4-6-8-10-12-25-14-18-27(19-15-25)29(33)39-43-41-31(35)37-22-24(3)23-38-32(36)42-44-40-30(34)28-20-16-26(17-21-28)13-11-9-7-5-2/h14-21,24H,4-13,22-23H2,1-3H3. The summed E-state index contributed by atoms with van der Waals surface area (Å²) in [6, 6.07) is 13.7. The van der Waals surface area contributed by atoms with Crippen LogP contribution < -0.4 is 0 Å². The quantitative estimate of drug-likeness (QED) is 0.0624. The van der Waals surface area contributed by atoms with E-state index in [4.69, 9.17) is 9.47 Å². The monoisotopic (exact) mass is 618 g/mol. The topological polar surface area (TPSA) is 142 Å². The van der Waals surface area contributed by atoms with E-state index < -0.39 is 30.2 Å². The molecule has 0 aromatic heterocycles. The van der Waals surface area contributed by atoms with Crippen molar-refractivity contribution < 1.29 is 58.3 Å². The van der Waals surface area contributed by atoms with Crippen LogP contribution in [0, 0.1) is 5.92 Å². The first kappa shape index (κ1) is 36.0. The molecule has 0 aliphatic heterocycles. The van der Waals surface area contributed by atoms with Gasteiger partial charge in [0.2, 0.25) is 0 Å². The number of carbonyl (C=O) groups is 4. The van der Waals surface area contributed by atoms with Gasteiger partial charge in [0.1, 0.15) is 13.2 Å². The van der Waals surface area contributed by atoms with Crippen LogP contribution in [0.1, 0.15) is 104 Å². The summed E-state index contributed by atoms with van der Waals surface area (Å²) in [7, 11) is 0. The third-order valence-corrected chi connectivity index (χ3v) is 6.41. The number of rotatable bonds is 20. The summed E-state index contributed by atoms with van der Waals surface area (Å²) in [6.07, 6.45) is 8.45. The molecule has 0 saturated heterocycles. The molecule has 2 aromatic carbocycles. The minimum absolute atomic E-state index is 0.220. The molecule has 0 bridgehead atoms. The van der Waals surface area contributed by atoms with Gasteiger partial charge < -0.3 is 9.47 Å². The molecule has 0 aliphatic rings. The molecular weight excluding hydrogens is 576 g/mol. The summed E-state index contributed by atoms with van der Waals surface area (Å²) in [4.78, 5) is 64.7. The number of ether oxygens (including phenoxy) is 2. The zero-order chi connectivity index (χ0) is 32.0. The fraction of sp³-hybridized carbons (Fsp3) is 0.500. The maximum absolute atomic E-state index is 12.0. The Morgan fingerprint density at radius 1 is 0.545 bits per heavy atom. The van der Waals surface area contributed by atoms with E-state index in [0.717, 1.165) is 62.5 Å². The first-order valence-electron chi connectivity index (χ1n) is 14.9. The lowest BCUT2D eigenvalue weighted by molar-refractivity contribution is -0.452. The highest BCUT2D eigenvalue weighted by Gasteiger charge is 2.17. The van der Waals surface area contributed by atoms with E-state index in [1.54, 1.807) is 31.2 Å². The fourth-order valence-corrected chi connectivity index (χ4v) is 3.89. The Bertz CT molecular complexity index is 1040. The van der Waals surface area contributed by atoms with E-state index in [-0.39, 0.29) is 24.3 Å². The minimum Gasteiger partial charge on any atom is -0.432 e. The summed E-state index contributed by atoms with van der Waals surface area (Å²) < 4.78 is 9.57. The second-order valence-electron chi connectivity index (χ2n) is 10.3. The average Bonchev–Trinajstić information content (AvgIpc) is 3.03. The maximum atomic E-state index is 12.0. The average molecular weight is 619 g/mol. The molecule has 0 heterocycles. The number of hydrogen-bond donors (Lipinski definition) is 0. The first-order valence-corrected chi connectivity index (χ1v) is 14.9. The Morgan fingerprint density at radius 3 is 1.30 bits per heavy atom. The molecule has 0 unspecified atom stereocenters. The molecule has 44 heavy (non-hydrogen) atoms. The second kappa shape index (κ2) is 21.5. The van der Waals surface area contributed by atoms with Crippen molar-refractivity contribution >= 4 is 24.2 Å². The predicted octanol–water partition coefficient (Wildman–Crippen LogP) is 7.58. The Balaban J connectivity index is 1.53. The van der Waals surface area contributed by atoms with Gasteiger partial charge in [-0.2, -0.15) is 0 Å². The van der Waals surface area contributed by atoms with E-state index in [2.05, 4.69) is 43.5 Å². The SMILES string of the molecule is CCCCCCc1ccc(C(=O)OOOC(=O)OCC(C)COC(=O)OOOC(=O)c2ccc(CCCCCC)cc2)cc1. The smallest absolute Gasteiger partial charge is 0.432 e. The van der Waals surface area contributed by atoms with Gasteiger partial charge in [0.15, 0.2) is 0 Å². The lowest BCUT2D eigenvalue weighted by atomic mass is 10.0. The number of hydrogen-bond acceptors (Lipinski definition) is 12. The highest BCUT2D eigenvalue weighted by molar-refractivity contribution is 5.89. The normalized spacial score (nSPS) is 10.6. The van der Waals surface area contributed by atoms with Crippen molar-refractivity contribution in [3.05, 3.63) is 70.8 Å². The molecule has 0 fully saturated rings. The summed E-state index contributed by atoms with van der Waals surface area (Å²) in [5.41, 5.74) is 2.64. The summed E-state index contributed by atoms with van der Waals surface area (Å²) >= 11 is 0. The van der Waals surface area contributed by atoms with Crippen LogP contribution in [-0.2, 0) is 51.9 Å². The van der Waals surface area contributed by atoms with Crippen molar-refractivity contribution in [2.45, 2.75) is 85.0 Å². The van der Waals surface area contributed by atoms with Gasteiger partial charge >= 0.3 is 24.2 Å². The van der Waals surface area contributed by atoms with E-state index in [1.165, 1.54) is 12.8 Å². The molecule has 2 aromatic rings. The zero-order valence-electron chi connectivity index (χ0n) is 25.6. The van der Waals surface area contributed by atoms with Gasteiger partial charge in [0.05, 0.1) is 21.2 Å². The molecule has 2 rings (SSSR count). The number of unbranched alkanes of at least 4 members (excludes halogenated alkanes) is 6. The van der Waals surface area contributed by atoms with Crippen LogP contribution in [-0.4, -0.2) is 37.5 Å². The van der Waals surface area contributed by atoms with E-state index in [0.29, 0.717) is 0 Å². The second-order valence-corrected chi connectivity index (χ2v) is 10.3. The third-order valence-electron chi connectivity index (χ3n) is 6.41. The van der Waals surface area contributed by atoms with Gasteiger partial charge in [-0.3, -0.25) is 9.78 Å².